The van der Waals surface area contributed by atoms with Gasteiger partial charge in [-0.05, 0) is 23.8 Å². The number of aromatic amines is 1. The van der Waals surface area contributed by atoms with Crippen molar-refractivity contribution in [1.29, 1.82) is 0 Å². The van der Waals surface area contributed by atoms with Crippen LogP contribution in [-0.2, 0) is 4.79 Å². The van der Waals surface area contributed by atoms with Crippen LogP contribution in [0.3, 0.4) is 0 Å². The Morgan fingerprint density at radius 2 is 2.36 bits per heavy atom. The van der Waals surface area contributed by atoms with Gasteiger partial charge in [-0.1, -0.05) is 0 Å². The molecular weight excluding hydrogens is 288 g/mol. The summed E-state index contributed by atoms with van der Waals surface area (Å²) in [5, 5.41) is 20.2. The molecule has 3 heterocycles. The molecule has 0 bridgehead atoms. The highest BCUT2D eigenvalue weighted by Gasteiger charge is 2.32. The van der Waals surface area contributed by atoms with Crippen molar-refractivity contribution in [2.24, 2.45) is 5.92 Å². The minimum atomic E-state index is -0.189. The molecule has 10 nitrogen and oxygen atoms in total. The Morgan fingerprint density at radius 3 is 3.09 bits per heavy atom. The fourth-order valence-electron chi connectivity index (χ4n) is 2.52. The molecule has 0 aliphatic carbocycles. The maximum absolute atomic E-state index is 12.6. The zero-order chi connectivity index (χ0) is 15.5. The van der Waals surface area contributed by atoms with E-state index in [-0.39, 0.29) is 17.7 Å². The Balaban J connectivity index is 1.74. The van der Waals surface area contributed by atoms with Gasteiger partial charge in [-0.15, -0.1) is 5.10 Å². The summed E-state index contributed by atoms with van der Waals surface area (Å²) in [7, 11) is 0. The lowest BCUT2D eigenvalue weighted by Gasteiger charge is -2.16. The molecular formula is C12H16N8O2. The summed E-state index contributed by atoms with van der Waals surface area (Å²) in [4.78, 5) is 26.1. The first-order valence-corrected chi connectivity index (χ1v) is 7.04. The standard InChI is InChI=1S/C12H16N8O2/c1-2-13-11(21)8-3-4-19(6-8)12(22)9-5-14-16-10(9)20-7-15-17-18-20/h5,7-8H,2-4,6H2,1H3,(H,13,21)(H,14,16). The van der Waals surface area contributed by atoms with E-state index in [2.05, 4.69) is 31.0 Å². The monoisotopic (exact) mass is 304 g/mol. The van der Waals surface area contributed by atoms with Gasteiger partial charge in [0, 0.05) is 19.6 Å². The molecule has 2 N–H and O–H groups in total. The van der Waals surface area contributed by atoms with Crippen LogP contribution in [0.25, 0.3) is 5.82 Å². The van der Waals surface area contributed by atoms with E-state index in [0.29, 0.717) is 37.4 Å². The van der Waals surface area contributed by atoms with Gasteiger partial charge in [-0.3, -0.25) is 14.7 Å². The van der Waals surface area contributed by atoms with E-state index in [4.69, 9.17) is 0 Å². The van der Waals surface area contributed by atoms with Crippen LogP contribution in [-0.4, -0.2) is 66.8 Å². The summed E-state index contributed by atoms with van der Waals surface area (Å²) in [6.45, 7) is 3.42. The average molecular weight is 304 g/mol. The number of carbonyl (C=O) groups is 2. The molecule has 0 aromatic carbocycles. The topological polar surface area (TPSA) is 122 Å². The van der Waals surface area contributed by atoms with E-state index in [1.807, 2.05) is 6.92 Å². The molecule has 1 aliphatic heterocycles. The third-order valence-electron chi connectivity index (χ3n) is 3.63. The number of amides is 2. The van der Waals surface area contributed by atoms with Crippen LogP contribution < -0.4 is 5.32 Å². The number of hydrogen-bond donors (Lipinski definition) is 2. The van der Waals surface area contributed by atoms with Gasteiger partial charge in [0.05, 0.1) is 12.1 Å². The molecule has 1 saturated heterocycles. The predicted molar refractivity (Wildman–Crippen MR) is 74.0 cm³/mol. The SMILES string of the molecule is CCNC(=O)C1CCN(C(=O)c2cn[nH]c2-n2cnnn2)C1. The van der Waals surface area contributed by atoms with Gasteiger partial charge < -0.3 is 10.2 Å². The molecule has 0 saturated carbocycles. The van der Waals surface area contributed by atoms with Crippen LogP contribution in [0.2, 0.25) is 0 Å². The maximum Gasteiger partial charge on any atom is 0.259 e. The summed E-state index contributed by atoms with van der Waals surface area (Å²) in [6.07, 6.45) is 3.49. The summed E-state index contributed by atoms with van der Waals surface area (Å²) in [6, 6.07) is 0. The minimum absolute atomic E-state index is 0.00862. The van der Waals surface area contributed by atoms with Crippen LogP contribution in [0.1, 0.15) is 23.7 Å². The highest BCUT2D eigenvalue weighted by atomic mass is 16.2. The van der Waals surface area contributed by atoms with Crippen molar-refractivity contribution >= 4 is 11.8 Å². The van der Waals surface area contributed by atoms with E-state index in [1.54, 1.807) is 4.90 Å². The smallest absolute Gasteiger partial charge is 0.259 e. The van der Waals surface area contributed by atoms with E-state index < -0.39 is 0 Å². The molecule has 2 aromatic rings. The second kappa shape index (κ2) is 5.92. The third kappa shape index (κ3) is 2.54. The zero-order valence-electron chi connectivity index (χ0n) is 12.1. The van der Waals surface area contributed by atoms with E-state index in [9.17, 15) is 9.59 Å². The lowest BCUT2D eigenvalue weighted by atomic mass is 10.1. The summed E-state index contributed by atoms with van der Waals surface area (Å²) < 4.78 is 1.34. The van der Waals surface area contributed by atoms with Crippen molar-refractivity contribution in [2.75, 3.05) is 19.6 Å². The quantitative estimate of drug-likeness (QED) is 0.746. The van der Waals surface area contributed by atoms with Crippen molar-refractivity contribution in [2.45, 2.75) is 13.3 Å². The first-order valence-electron chi connectivity index (χ1n) is 7.04. The first-order chi connectivity index (χ1) is 10.7. The Hall–Kier alpha value is -2.78. The van der Waals surface area contributed by atoms with E-state index >= 15 is 0 Å². The molecule has 0 spiro atoms. The van der Waals surface area contributed by atoms with Crippen molar-refractivity contribution < 1.29 is 9.59 Å². The van der Waals surface area contributed by atoms with Crippen molar-refractivity contribution in [3.05, 3.63) is 18.1 Å². The van der Waals surface area contributed by atoms with Gasteiger partial charge in [-0.25, -0.2) is 0 Å². The summed E-state index contributed by atoms with van der Waals surface area (Å²) in [5.74, 6) is 0.0560. The summed E-state index contributed by atoms with van der Waals surface area (Å²) in [5.41, 5.74) is 0.379. The highest BCUT2D eigenvalue weighted by Crippen LogP contribution is 2.20. The normalized spacial score (nSPS) is 17.7. The van der Waals surface area contributed by atoms with Crippen molar-refractivity contribution in [3.63, 3.8) is 0 Å². The number of nitrogens with one attached hydrogen (secondary N) is 2. The average Bonchev–Trinajstić information content (AvgIpc) is 3.25. The molecule has 116 valence electrons. The van der Waals surface area contributed by atoms with Crippen LogP contribution in [0.4, 0.5) is 0 Å². The van der Waals surface area contributed by atoms with E-state index in [0.717, 1.165) is 0 Å². The molecule has 1 unspecified atom stereocenters. The number of aromatic nitrogens is 6. The van der Waals surface area contributed by atoms with Crippen LogP contribution in [0, 0.1) is 5.92 Å². The number of hydrogen-bond acceptors (Lipinski definition) is 6. The molecule has 10 heteroatoms. The number of rotatable bonds is 4. The van der Waals surface area contributed by atoms with E-state index in [1.165, 1.54) is 17.2 Å². The number of nitrogens with zero attached hydrogens (tertiary/aromatic N) is 6. The number of tetrazole rings is 1. The van der Waals surface area contributed by atoms with Crippen LogP contribution in [0.5, 0.6) is 0 Å². The fraction of sp³-hybridized carbons (Fsp3) is 0.500. The van der Waals surface area contributed by atoms with Gasteiger partial charge >= 0.3 is 0 Å². The number of H-pyrrole nitrogens is 1. The molecule has 2 aromatic heterocycles. The molecule has 2 amide bonds. The Bertz CT molecular complexity index is 664. The second-order valence-corrected chi connectivity index (χ2v) is 5.02. The van der Waals surface area contributed by atoms with Gasteiger partial charge in [0.25, 0.3) is 5.91 Å². The largest absolute Gasteiger partial charge is 0.356 e. The van der Waals surface area contributed by atoms with Gasteiger partial charge in [0.2, 0.25) is 5.91 Å². The fourth-order valence-corrected chi connectivity index (χ4v) is 2.52. The third-order valence-corrected chi connectivity index (χ3v) is 3.63. The molecule has 3 rings (SSSR count). The van der Waals surface area contributed by atoms with Crippen LogP contribution >= 0.6 is 0 Å². The molecule has 0 radical (unpaired) electrons. The maximum atomic E-state index is 12.6. The van der Waals surface area contributed by atoms with Gasteiger partial charge in [0.15, 0.2) is 5.82 Å². The molecule has 1 aliphatic rings. The Labute approximate surface area is 125 Å². The molecule has 1 fully saturated rings. The predicted octanol–water partition coefficient (Wildman–Crippen LogP) is -1.02. The first kappa shape index (κ1) is 14.2. The lowest BCUT2D eigenvalue weighted by molar-refractivity contribution is -0.124. The second-order valence-electron chi connectivity index (χ2n) is 5.02. The van der Waals surface area contributed by atoms with Crippen molar-refractivity contribution in [3.8, 4) is 5.82 Å². The molecule has 22 heavy (non-hydrogen) atoms. The van der Waals surface area contributed by atoms with Crippen molar-refractivity contribution in [1.82, 2.24) is 40.6 Å². The Morgan fingerprint density at radius 1 is 1.50 bits per heavy atom. The zero-order valence-corrected chi connectivity index (χ0v) is 12.1. The van der Waals surface area contributed by atoms with Crippen LogP contribution in [0.15, 0.2) is 12.5 Å². The van der Waals surface area contributed by atoms with Gasteiger partial charge in [0.1, 0.15) is 11.9 Å². The number of likely N-dealkylation sites (tertiary alicyclic amines) is 1. The number of carbonyl (C=O) groups excluding carboxylic acids is 2. The lowest BCUT2D eigenvalue weighted by Crippen LogP contribution is -2.34. The minimum Gasteiger partial charge on any atom is -0.356 e. The molecule has 1 atom stereocenters. The Kier molecular flexibility index (Phi) is 3.81. The highest BCUT2D eigenvalue weighted by molar-refractivity contribution is 5.97. The summed E-state index contributed by atoms with van der Waals surface area (Å²) >= 11 is 0. The van der Waals surface area contributed by atoms with Gasteiger partial charge in [-0.2, -0.15) is 9.78 Å².